The zero-order valence-corrected chi connectivity index (χ0v) is 15.0. The molecule has 0 radical (unpaired) electrons. The van der Waals surface area contributed by atoms with Crippen molar-refractivity contribution in [2.75, 3.05) is 7.05 Å². The molecule has 1 N–H and O–H groups in total. The fraction of sp³-hybridized carbons (Fsp3) is 0.188. The van der Waals surface area contributed by atoms with Crippen molar-refractivity contribution in [3.63, 3.8) is 0 Å². The second-order valence-electron chi connectivity index (χ2n) is 5.16. The van der Waals surface area contributed by atoms with Gasteiger partial charge >= 0.3 is 5.97 Å². The van der Waals surface area contributed by atoms with Crippen LogP contribution in [0.5, 0.6) is 0 Å². The summed E-state index contributed by atoms with van der Waals surface area (Å²) in [6.07, 6.45) is 0.0236. The predicted octanol–water partition coefficient (Wildman–Crippen LogP) is 3.31. The number of rotatable bonds is 6. The Labute approximate surface area is 150 Å². The summed E-state index contributed by atoms with van der Waals surface area (Å²) in [6.45, 7) is 0. The van der Waals surface area contributed by atoms with Gasteiger partial charge in [-0.25, -0.2) is 8.42 Å². The largest absolute Gasteiger partial charge is 0.480 e. The van der Waals surface area contributed by atoms with E-state index >= 15 is 0 Å². The molecule has 0 aromatic heterocycles. The molecule has 5 nitrogen and oxygen atoms in total. The molecule has 0 amide bonds. The summed E-state index contributed by atoms with van der Waals surface area (Å²) in [6, 6.07) is 10.9. The van der Waals surface area contributed by atoms with Gasteiger partial charge in [0.2, 0.25) is 10.0 Å². The summed E-state index contributed by atoms with van der Waals surface area (Å²) in [5.41, 5.74) is 0.671. The molecule has 0 aliphatic heterocycles. The maximum atomic E-state index is 12.6. The maximum Gasteiger partial charge on any atom is 0.322 e. The summed E-state index contributed by atoms with van der Waals surface area (Å²) >= 11 is 11.6. The minimum Gasteiger partial charge on any atom is -0.480 e. The minimum atomic E-state index is -3.96. The Morgan fingerprint density at radius 2 is 1.50 bits per heavy atom. The number of sulfonamides is 1. The summed E-state index contributed by atoms with van der Waals surface area (Å²) in [5.74, 6) is -1.23. The van der Waals surface area contributed by atoms with E-state index in [0.29, 0.717) is 15.6 Å². The van der Waals surface area contributed by atoms with Crippen LogP contribution >= 0.6 is 23.2 Å². The molecule has 0 fully saturated rings. The van der Waals surface area contributed by atoms with Gasteiger partial charge in [-0.3, -0.25) is 4.79 Å². The first-order valence-corrected chi connectivity index (χ1v) is 9.12. The summed E-state index contributed by atoms with van der Waals surface area (Å²) < 4.78 is 26.1. The average Bonchev–Trinajstić information content (AvgIpc) is 2.53. The van der Waals surface area contributed by atoms with E-state index in [1.54, 1.807) is 24.3 Å². The molecular weight excluding hydrogens is 373 g/mol. The summed E-state index contributed by atoms with van der Waals surface area (Å²) in [7, 11) is -2.71. The highest BCUT2D eigenvalue weighted by molar-refractivity contribution is 7.89. The molecule has 0 heterocycles. The molecule has 0 bridgehead atoms. The molecule has 0 aliphatic carbocycles. The van der Waals surface area contributed by atoms with E-state index in [-0.39, 0.29) is 11.3 Å². The molecule has 0 saturated heterocycles. The van der Waals surface area contributed by atoms with Crippen molar-refractivity contribution in [1.82, 2.24) is 4.31 Å². The van der Waals surface area contributed by atoms with Gasteiger partial charge in [-0.15, -0.1) is 0 Å². The van der Waals surface area contributed by atoms with Gasteiger partial charge in [0.15, 0.2) is 0 Å². The number of benzene rings is 2. The summed E-state index contributed by atoms with van der Waals surface area (Å²) in [5, 5.41) is 10.4. The Bertz CT molecular complexity index is 820. The zero-order chi connectivity index (χ0) is 17.9. The number of carboxylic acids is 1. The van der Waals surface area contributed by atoms with E-state index in [2.05, 4.69) is 0 Å². The smallest absolute Gasteiger partial charge is 0.322 e. The highest BCUT2D eigenvalue weighted by Gasteiger charge is 2.32. The lowest BCUT2D eigenvalue weighted by atomic mass is 10.1. The molecule has 2 rings (SSSR count). The van der Waals surface area contributed by atoms with E-state index in [0.717, 1.165) is 4.31 Å². The SMILES string of the molecule is CN([C@@H](Cc1ccc(Cl)cc1)C(=O)O)S(=O)(=O)c1ccc(Cl)cc1. The van der Waals surface area contributed by atoms with Gasteiger partial charge in [0.1, 0.15) is 6.04 Å². The Kier molecular flexibility index (Phi) is 5.87. The third-order valence-corrected chi connectivity index (χ3v) is 5.94. The Hall–Kier alpha value is -1.60. The topological polar surface area (TPSA) is 74.7 Å². The van der Waals surface area contributed by atoms with Gasteiger partial charge in [0.05, 0.1) is 4.90 Å². The highest BCUT2D eigenvalue weighted by Crippen LogP contribution is 2.21. The predicted molar refractivity (Wildman–Crippen MR) is 93.0 cm³/mol. The fourth-order valence-corrected chi connectivity index (χ4v) is 3.72. The van der Waals surface area contributed by atoms with Crippen LogP contribution in [0.1, 0.15) is 5.56 Å². The quantitative estimate of drug-likeness (QED) is 0.824. The van der Waals surface area contributed by atoms with Crippen LogP contribution in [0.25, 0.3) is 0 Å². The van der Waals surface area contributed by atoms with E-state index < -0.39 is 22.0 Å². The van der Waals surface area contributed by atoms with Crippen molar-refractivity contribution >= 4 is 39.2 Å². The van der Waals surface area contributed by atoms with E-state index in [1.807, 2.05) is 0 Å². The van der Waals surface area contributed by atoms with Crippen LogP contribution < -0.4 is 0 Å². The normalized spacial score (nSPS) is 13.0. The Balaban J connectivity index is 2.31. The number of carbonyl (C=O) groups is 1. The molecule has 0 saturated carbocycles. The average molecular weight is 388 g/mol. The lowest BCUT2D eigenvalue weighted by molar-refractivity contribution is -0.141. The van der Waals surface area contributed by atoms with Crippen LogP contribution in [-0.2, 0) is 21.2 Å². The van der Waals surface area contributed by atoms with Gasteiger partial charge in [-0.2, -0.15) is 4.31 Å². The van der Waals surface area contributed by atoms with Crippen molar-refractivity contribution in [2.45, 2.75) is 17.4 Å². The molecule has 0 spiro atoms. The van der Waals surface area contributed by atoms with Gasteiger partial charge in [-0.1, -0.05) is 35.3 Å². The lowest BCUT2D eigenvalue weighted by Crippen LogP contribution is -2.43. The van der Waals surface area contributed by atoms with Crippen molar-refractivity contribution in [3.05, 3.63) is 64.1 Å². The van der Waals surface area contributed by atoms with Gasteiger partial charge in [0, 0.05) is 17.1 Å². The summed E-state index contributed by atoms with van der Waals surface area (Å²) in [4.78, 5) is 11.6. The van der Waals surface area contributed by atoms with Gasteiger partial charge in [0.25, 0.3) is 0 Å². The standard InChI is InChI=1S/C16H15Cl2NO4S/c1-19(24(22,23)14-8-6-13(18)7-9-14)15(16(20)21)10-11-2-4-12(17)5-3-11/h2-9,15H,10H2,1H3,(H,20,21)/t15-/m0/s1. The molecule has 128 valence electrons. The number of hydrogen-bond donors (Lipinski definition) is 1. The number of aliphatic carboxylic acids is 1. The zero-order valence-electron chi connectivity index (χ0n) is 12.7. The van der Waals surface area contributed by atoms with Crippen LogP contribution in [-0.4, -0.2) is 36.9 Å². The van der Waals surface area contributed by atoms with E-state index in [1.165, 1.54) is 31.3 Å². The van der Waals surface area contributed by atoms with E-state index in [9.17, 15) is 18.3 Å². The fourth-order valence-electron chi connectivity index (χ4n) is 2.16. The van der Waals surface area contributed by atoms with Gasteiger partial charge < -0.3 is 5.11 Å². The third-order valence-electron chi connectivity index (χ3n) is 3.56. The second kappa shape index (κ2) is 7.53. The number of likely N-dealkylation sites (N-methyl/N-ethyl adjacent to an activating group) is 1. The Morgan fingerprint density at radius 3 is 1.96 bits per heavy atom. The van der Waals surface area contributed by atoms with Crippen molar-refractivity contribution in [3.8, 4) is 0 Å². The molecule has 0 aliphatic rings. The number of carboxylic acid groups (broad SMARTS) is 1. The van der Waals surface area contributed by atoms with Gasteiger partial charge in [-0.05, 0) is 48.4 Å². The number of nitrogens with zero attached hydrogens (tertiary/aromatic N) is 1. The van der Waals surface area contributed by atoms with Crippen molar-refractivity contribution in [1.29, 1.82) is 0 Å². The molecule has 2 aromatic rings. The Morgan fingerprint density at radius 1 is 1.04 bits per heavy atom. The first kappa shape index (κ1) is 18.7. The molecule has 1 atom stereocenters. The monoisotopic (exact) mass is 387 g/mol. The highest BCUT2D eigenvalue weighted by atomic mass is 35.5. The minimum absolute atomic E-state index is 0.0169. The van der Waals surface area contributed by atoms with Crippen LogP contribution in [0.15, 0.2) is 53.4 Å². The van der Waals surface area contributed by atoms with Crippen molar-refractivity contribution < 1.29 is 18.3 Å². The van der Waals surface area contributed by atoms with Crippen molar-refractivity contribution in [2.24, 2.45) is 0 Å². The molecule has 24 heavy (non-hydrogen) atoms. The molecule has 2 aromatic carbocycles. The lowest BCUT2D eigenvalue weighted by Gasteiger charge is -2.24. The van der Waals surface area contributed by atoms with Crippen LogP contribution in [0.3, 0.4) is 0 Å². The number of hydrogen-bond acceptors (Lipinski definition) is 3. The molecule has 8 heteroatoms. The van der Waals surface area contributed by atoms with Crippen LogP contribution in [0.4, 0.5) is 0 Å². The molecule has 0 unspecified atom stereocenters. The molecular formula is C16H15Cl2NO4S. The number of halogens is 2. The third kappa shape index (κ3) is 4.27. The maximum absolute atomic E-state index is 12.6. The van der Waals surface area contributed by atoms with Crippen LogP contribution in [0, 0.1) is 0 Å². The second-order valence-corrected chi connectivity index (χ2v) is 8.03. The van der Waals surface area contributed by atoms with E-state index in [4.69, 9.17) is 23.2 Å². The first-order chi connectivity index (χ1) is 11.2. The van der Waals surface area contributed by atoms with Crippen LogP contribution in [0.2, 0.25) is 10.0 Å². The first-order valence-electron chi connectivity index (χ1n) is 6.92.